The molecule has 0 amide bonds. The molecule has 0 aromatic heterocycles. The molecule has 0 aliphatic heterocycles. The highest BCUT2D eigenvalue weighted by atomic mass is 32.2. The molecule has 0 heterocycles. The number of hydrogen-bond acceptors (Lipinski definition) is 5. The zero-order chi connectivity index (χ0) is 19.3. The Labute approximate surface area is 159 Å². The van der Waals surface area contributed by atoms with Crippen LogP contribution in [0.4, 0.5) is 0 Å². The predicted molar refractivity (Wildman–Crippen MR) is 107 cm³/mol. The molecule has 0 atom stereocenters. The number of rotatable bonds is 14. The smallest absolute Gasteiger partial charge is 0.213 e. The maximum Gasteiger partial charge on any atom is 0.213 e. The second-order valence-electron chi connectivity index (χ2n) is 6.80. The molecule has 1 fully saturated rings. The zero-order valence-electron chi connectivity index (χ0n) is 16.6. The molecule has 26 heavy (non-hydrogen) atoms. The molecule has 0 radical (unpaired) electrons. The molecule has 0 spiro atoms. The quantitative estimate of drug-likeness (QED) is 0.223. The lowest BCUT2D eigenvalue weighted by Crippen LogP contribution is -2.42. The minimum Gasteiger partial charge on any atom is -0.385 e. The summed E-state index contributed by atoms with van der Waals surface area (Å²) in [6.45, 7) is 6.89. The summed E-state index contributed by atoms with van der Waals surface area (Å²) in [5.74, 6) is 1.24. The fourth-order valence-electron chi connectivity index (χ4n) is 2.58. The first kappa shape index (κ1) is 23.1. The second-order valence-corrected chi connectivity index (χ2v) is 8.73. The van der Waals surface area contributed by atoms with E-state index < -0.39 is 10.0 Å². The van der Waals surface area contributed by atoms with Crippen molar-refractivity contribution in [3.8, 4) is 0 Å². The van der Waals surface area contributed by atoms with Gasteiger partial charge in [0.25, 0.3) is 0 Å². The van der Waals surface area contributed by atoms with E-state index in [0.717, 1.165) is 45.5 Å². The van der Waals surface area contributed by atoms with Gasteiger partial charge in [0.15, 0.2) is 5.96 Å². The second kappa shape index (κ2) is 13.3. The summed E-state index contributed by atoms with van der Waals surface area (Å²) in [5, 5.41) is 6.25. The maximum absolute atomic E-state index is 12.0. The van der Waals surface area contributed by atoms with Crippen LogP contribution < -0.4 is 15.4 Å². The van der Waals surface area contributed by atoms with Crippen LogP contribution in [0.5, 0.6) is 0 Å². The van der Waals surface area contributed by atoms with Gasteiger partial charge in [0, 0.05) is 46.4 Å². The molecule has 154 valence electrons. The fraction of sp³-hybridized carbons (Fsp3) is 0.941. The van der Waals surface area contributed by atoms with Gasteiger partial charge in [-0.25, -0.2) is 13.1 Å². The van der Waals surface area contributed by atoms with E-state index in [-0.39, 0.29) is 5.75 Å². The predicted octanol–water partition coefficient (Wildman–Crippen LogP) is 0.229. The molecule has 1 aliphatic rings. The highest BCUT2D eigenvalue weighted by molar-refractivity contribution is 7.89. The molecule has 0 aromatic carbocycles. The summed E-state index contributed by atoms with van der Waals surface area (Å²) in [7, 11) is 0.546. The summed E-state index contributed by atoms with van der Waals surface area (Å²) >= 11 is 0. The van der Waals surface area contributed by atoms with Gasteiger partial charge in [-0.05, 0) is 39.2 Å². The van der Waals surface area contributed by atoms with Gasteiger partial charge >= 0.3 is 0 Å². The Morgan fingerprint density at radius 2 is 2.04 bits per heavy atom. The van der Waals surface area contributed by atoms with Crippen molar-refractivity contribution in [1.29, 1.82) is 0 Å². The lowest BCUT2D eigenvalue weighted by molar-refractivity contribution is 0.180. The van der Waals surface area contributed by atoms with Crippen molar-refractivity contribution in [2.45, 2.75) is 32.6 Å². The van der Waals surface area contributed by atoms with Crippen LogP contribution in [0.2, 0.25) is 0 Å². The van der Waals surface area contributed by atoms with Crippen molar-refractivity contribution >= 4 is 16.0 Å². The lowest BCUT2D eigenvalue weighted by Gasteiger charge is -2.25. The first-order chi connectivity index (χ1) is 12.5. The first-order valence-corrected chi connectivity index (χ1v) is 11.3. The molecule has 0 unspecified atom stereocenters. The SMILES string of the molecule is CCNC(=NCCN(C)CCCOC)NCCS(=O)(=O)NCC1CCC1. The van der Waals surface area contributed by atoms with E-state index in [1.165, 1.54) is 6.42 Å². The van der Waals surface area contributed by atoms with Crippen LogP contribution in [0.3, 0.4) is 0 Å². The van der Waals surface area contributed by atoms with Crippen LogP contribution in [0, 0.1) is 5.92 Å². The monoisotopic (exact) mass is 391 g/mol. The van der Waals surface area contributed by atoms with Gasteiger partial charge in [0.05, 0.1) is 12.3 Å². The Kier molecular flexibility index (Phi) is 11.8. The van der Waals surface area contributed by atoms with Crippen molar-refractivity contribution in [3.05, 3.63) is 0 Å². The molecule has 1 rings (SSSR count). The third-order valence-corrected chi connectivity index (χ3v) is 5.81. The molecule has 9 heteroatoms. The topological polar surface area (TPSA) is 95.1 Å². The number of methoxy groups -OCH3 is 1. The number of aliphatic imine (C=N–C) groups is 1. The maximum atomic E-state index is 12.0. The van der Waals surface area contributed by atoms with E-state index in [1.54, 1.807) is 7.11 Å². The summed E-state index contributed by atoms with van der Waals surface area (Å²) in [5.41, 5.74) is 0. The Morgan fingerprint density at radius 1 is 1.27 bits per heavy atom. The average Bonchev–Trinajstić information content (AvgIpc) is 2.53. The molecule has 0 bridgehead atoms. The van der Waals surface area contributed by atoms with Crippen LogP contribution in [0.1, 0.15) is 32.6 Å². The van der Waals surface area contributed by atoms with E-state index in [9.17, 15) is 8.42 Å². The van der Waals surface area contributed by atoms with Crippen molar-refractivity contribution in [2.24, 2.45) is 10.9 Å². The van der Waals surface area contributed by atoms with E-state index in [2.05, 4.69) is 32.3 Å². The first-order valence-electron chi connectivity index (χ1n) is 9.64. The molecule has 0 aromatic rings. The van der Waals surface area contributed by atoms with Crippen LogP contribution in [0.25, 0.3) is 0 Å². The van der Waals surface area contributed by atoms with E-state index in [1.807, 2.05) is 6.92 Å². The Balaban J connectivity index is 2.25. The summed E-state index contributed by atoms with van der Waals surface area (Å²) in [6.07, 6.45) is 4.49. The number of sulfonamides is 1. The van der Waals surface area contributed by atoms with Crippen LogP contribution in [-0.4, -0.2) is 85.1 Å². The Bertz CT molecular complexity index is 495. The molecular formula is C17H37N5O3S. The average molecular weight is 392 g/mol. The van der Waals surface area contributed by atoms with Gasteiger partial charge in [-0.1, -0.05) is 6.42 Å². The minimum absolute atomic E-state index is 0.0566. The zero-order valence-corrected chi connectivity index (χ0v) is 17.4. The normalized spacial score (nSPS) is 15.9. The highest BCUT2D eigenvalue weighted by Crippen LogP contribution is 2.25. The van der Waals surface area contributed by atoms with Crippen molar-refractivity contribution in [1.82, 2.24) is 20.3 Å². The number of hydrogen-bond donors (Lipinski definition) is 3. The highest BCUT2D eigenvalue weighted by Gasteiger charge is 2.20. The van der Waals surface area contributed by atoms with E-state index in [4.69, 9.17) is 4.74 Å². The fourth-order valence-corrected chi connectivity index (χ4v) is 3.59. The van der Waals surface area contributed by atoms with Crippen LogP contribution in [-0.2, 0) is 14.8 Å². The molecule has 1 saturated carbocycles. The van der Waals surface area contributed by atoms with Crippen molar-refractivity contribution in [2.75, 3.05) is 65.8 Å². The standard InChI is InChI=1S/C17H37N5O3S/c1-4-18-17(19-9-12-22(2)11-6-13-25-3)20-10-14-26(23,24)21-15-16-7-5-8-16/h16,21H,4-15H2,1-3H3,(H2,18,19,20). The van der Waals surface area contributed by atoms with Gasteiger partial charge in [0.2, 0.25) is 10.0 Å². The Hall–Kier alpha value is -0.900. The molecule has 1 aliphatic carbocycles. The van der Waals surface area contributed by atoms with Crippen molar-refractivity contribution in [3.63, 3.8) is 0 Å². The van der Waals surface area contributed by atoms with Crippen molar-refractivity contribution < 1.29 is 13.2 Å². The van der Waals surface area contributed by atoms with Crippen LogP contribution >= 0.6 is 0 Å². The number of guanidine groups is 1. The number of nitrogens with zero attached hydrogens (tertiary/aromatic N) is 2. The van der Waals surface area contributed by atoms with Crippen LogP contribution in [0.15, 0.2) is 4.99 Å². The summed E-state index contributed by atoms with van der Waals surface area (Å²) < 4.78 is 31.8. The number of likely N-dealkylation sites (N-methyl/N-ethyl adjacent to an activating group) is 1. The van der Waals surface area contributed by atoms with Gasteiger partial charge in [-0.15, -0.1) is 0 Å². The number of nitrogens with one attached hydrogen (secondary N) is 3. The molecule has 0 saturated heterocycles. The molecular weight excluding hydrogens is 354 g/mol. The van der Waals surface area contributed by atoms with Gasteiger partial charge < -0.3 is 20.3 Å². The lowest BCUT2D eigenvalue weighted by atomic mass is 9.86. The third-order valence-electron chi connectivity index (χ3n) is 4.46. The van der Waals surface area contributed by atoms with Gasteiger partial charge in [-0.2, -0.15) is 0 Å². The van der Waals surface area contributed by atoms with E-state index in [0.29, 0.717) is 31.5 Å². The summed E-state index contributed by atoms with van der Waals surface area (Å²) in [6, 6.07) is 0. The van der Waals surface area contributed by atoms with Gasteiger partial charge in [-0.3, -0.25) is 4.99 Å². The molecule has 8 nitrogen and oxygen atoms in total. The third kappa shape index (κ3) is 10.9. The largest absolute Gasteiger partial charge is 0.385 e. The van der Waals surface area contributed by atoms with Gasteiger partial charge in [0.1, 0.15) is 0 Å². The number of ether oxygens (including phenoxy) is 1. The molecule has 3 N–H and O–H groups in total. The Morgan fingerprint density at radius 3 is 2.65 bits per heavy atom. The summed E-state index contributed by atoms with van der Waals surface area (Å²) in [4.78, 5) is 6.71. The van der Waals surface area contributed by atoms with E-state index >= 15 is 0 Å². The minimum atomic E-state index is -3.23.